The normalized spacial score (nSPS) is 11.6. The molecule has 2 aromatic carbocycles. The van der Waals surface area contributed by atoms with Crippen LogP contribution in [0.1, 0.15) is 23.8 Å². The largest absolute Gasteiger partial charge is 0.482 e. The molecular weight excluding hydrogens is 481 g/mol. The van der Waals surface area contributed by atoms with Crippen LogP contribution in [0.2, 0.25) is 5.02 Å². The molecule has 0 atom stereocenters. The first-order valence-corrected chi connectivity index (χ1v) is 11.1. The van der Waals surface area contributed by atoms with E-state index >= 15 is 0 Å². The fourth-order valence-electron chi connectivity index (χ4n) is 2.75. The van der Waals surface area contributed by atoms with Crippen molar-refractivity contribution in [1.29, 1.82) is 0 Å². The van der Waals surface area contributed by atoms with E-state index in [0.717, 1.165) is 12.1 Å². The zero-order valence-electron chi connectivity index (χ0n) is 16.9. The van der Waals surface area contributed by atoms with E-state index < -0.39 is 11.7 Å². The third-order valence-corrected chi connectivity index (χ3v) is 5.53. The van der Waals surface area contributed by atoms with E-state index in [1.807, 2.05) is 6.07 Å². The predicted octanol–water partition coefficient (Wildman–Crippen LogP) is 6.10. The van der Waals surface area contributed by atoms with Gasteiger partial charge in [0.2, 0.25) is 11.7 Å². The lowest BCUT2D eigenvalue weighted by Crippen LogP contribution is -2.04. The van der Waals surface area contributed by atoms with Gasteiger partial charge in [-0.05, 0) is 30.7 Å². The van der Waals surface area contributed by atoms with Crippen LogP contribution in [0.4, 0.5) is 13.2 Å². The molecular formula is C21H16ClF3N4O3S. The molecule has 2 aromatic heterocycles. The SMILES string of the molecule is FC(F)(F)c1cccc(-c2noc(CCCSc3nnc(COc4ccccc4Cl)o3)n2)c1. The van der Waals surface area contributed by atoms with E-state index in [4.69, 9.17) is 25.3 Å². The molecule has 172 valence electrons. The molecule has 2 heterocycles. The molecule has 0 unspecified atom stereocenters. The van der Waals surface area contributed by atoms with Crippen molar-refractivity contribution >= 4 is 23.4 Å². The summed E-state index contributed by atoms with van der Waals surface area (Å²) in [6.45, 7) is 0.0948. The Morgan fingerprint density at radius 2 is 1.88 bits per heavy atom. The highest BCUT2D eigenvalue weighted by atomic mass is 35.5. The number of hydrogen-bond donors (Lipinski definition) is 0. The molecule has 0 aliphatic rings. The summed E-state index contributed by atoms with van der Waals surface area (Å²) in [6.07, 6.45) is -3.33. The molecule has 0 bridgehead atoms. The molecule has 0 saturated carbocycles. The maximum absolute atomic E-state index is 12.9. The number of rotatable bonds is 9. The van der Waals surface area contributed by atoms with Gasteiger partial charge in [0.15, 0.2) is 6.61 Å². The number of ether oxygens (including phenoxy) is 1. The van der Waals surface area contributed by atoms with Crippen LogP contribution in [-0.4, -0.2) is 26.1 Å². The second kappa shape index (κ2) is 10.3. The Bertz CT molecular complexity index is 1220. The number of alkyl halides is 3. The van der Waals surface area contributed by atoms with Gasteiger partial charge in [-0.15, -0.1) is 10.2 Å². The number of aromatic nitrogens is 4. The van der Waals surface area contributed by atoms with Crippen molar-refractivity contribution in [3.05, 3.63) is 70.9 Å². The Kier molecular flexibility index (Phi) is 7.19. The summed E-state index contributed by atoms with van der Waals surface area (Å²) in [5.74, 6) is 1.93. The van der Waals surface area contributed by atoms with Gasteiger partial charge in [0.05, 0.1) is 10.6 Å². The molecule has 0 radical (unpaired) electrons. The summed E-state index contributed by atoms with van der Waals surface area (Å²) in [7, 11) is 0. The van der Waals surface area contributed by atoms with Crippen molar-refractivity contribution in [2.45, 2.75) is 30.8 Å². The molecule has 0 spiro atoms. The number of benzene rings is 2. The molecule has 0 N–H and O–H groups in total. The Hall–Kier alpha value is -3.05. The maximum atomic E-state index is 12.9. The van der Waals surface area contributed by atoms with Crippen LogP contribution in [0.25, 0.3) is 11.4 Å². The van der Waals surface area contributed by atoms with Crippen molar-refractivity contribution in [2.75, 3.05) is 5.75 Å². The Labute approximate surface area is 195 Å². The van der Waals surface area contributed by atoms with E-state index in [1.165, 1.54) is 23.9 Å². The summed E-state index contributed by atoms with van der Waals surface area (Å²) < 4.78 is 54.9. The fraction of sp³-hybridized carbons (Fsp3) is 0.238. The third kappa shape index (κ3) is 6.26. The molecule has 0 aliphatic carbocycles. The number of hydrogen-bond acceptors (Lipinski definition) is 8. The number of aryl methyl sites for hydroxylation is 1. The van der Waals surface area contributed by atoms with Crippen molar-refractivity contribution in [3.63, 3.8) is 0 Å². The van der Waals surface area contributed by atoms with Gasteiger partial charge in [-0.3, -0.25) is 0 Å². The van der Waals surface area contributed by atoms with Gasteiger partial charge in [-0.2, -0.15) is 18.2 Å². The fourth-order valence-corrected chi connectivity index (χ4v) is 3.65. The highest BCUT2D eigenvalue weighted by molar-refractivity contribution is 7.99. The van der Waals surface area contributed by atoms with E-state index in [-0.39, 0.29) is 18.0 Å². The van der Waals surface area contributed by atoms with Gasteiger partial charge >= 0.3 is 6.18 Å². The Balaban J connectivity index is 1.24. The van der Waals surface area contributed by atoms with E-state index in [0.29, 0.717) is 46.4 Å². The lowest BCUT2D eigenvalue weighted by molar-refractivity contribution is -0.137. The predicted molar refractivity (Wildman–Crippen MR) is 114 cm³/mol. The minimum absolute atomic E-state index is 0.0948. The first-order chi connectivity index (χ1) is 15.9. The molecule has 0 fully saturated rings. The summed E-state index contributed by atoms with van der Waals surface area (Å²) in [6, 6.07) is 11.9. The van der Waals surface area contributed by atoms with E-state index in [9.17, 15) is 13.2 Å². The van der Waals surface area contributed by atoms with Crippen LogP contribution in [-0.2, 0) is 19.2 Å². The van der Waals surface area contributed by atoms with Gasteiger partial charge in [0.25, 0.3) is 11.1 Å². The lowest BCUT2D eigenvalue weighted by Gasteiger charge is -2.06. The molecule has 0 saturated heterocycles. The highest BCUT2D eigenvalue weighted by Gasteiger charge is 2.30. The van der Waals surface area contributed by atoms with Crippen molar-refractivity contribution < 1.29 is 26.8 Å². The molecule has 7 nitrogen and oxygen atoms in total. The molecule has 0 aliphatic heterocycles. The van der Waals surface area contributed by atoms with Gasteiger partial charge in [-0.25, -0.2) is 0 Å². The van der Waals surface area contributed by atoms with Crippen LogP contribution in [0.5, 0.6) is 5.75 Å². The zero-order chi connectivity index (χ0) is 23.3. The maximum Gasteiger partial charge on any atom is 0.416 e. The summed E-state index contributed by atoms with van der Waals surface area (Å²) in [4.78, 5) is 4.18. The molecule has 12 heteroatoms. The second-order valence-corrected chi connectivity index (χ2v) is 8.18. The zero-order valence-corrected chi connectivity index (χ0v) is 18.5. The first-order valence-electron chi connectivity index (χ1n) is 9.71. The molecule has 4 rings (SSSR count). The van der Waals surface area contributed by atoms with Gasteiger partial charge in [-0.1, -0.05) is 52.8 Å². The molecule has 4 aromatic rings. The minimum atomic E-state index is -4.44. The van der Waals surface area contributed by atoms with Crippen LogP contribution in [0.15, 0.2) is 62.7 Å². The van der Waals surface area contributed by atoms with Crippen LogP contribution >= 0.6 is 23.4 Å². The van der Waals surface area contributed by atoms with Crippen LogP contribution in [0, 0.1) is 0 Å². The second-order valence-electron chi connectivity index (χ2n) is 6.72. The summed E-state index contributed by atoms with van der Waals surface area (Å²) in [5.41, 5.74) is -0.523. The number of para-hydroxylation sites is 1. The minimum Gasteiger partial charge on any atom is -0.482 e. The first kappa shape index (κ1) is 23.1. The average Bonchev–Trinajstić information content (AvgIpc) is 3.45. The van der Waals surface area contributed by atoms with Crippen LogP contribution in [0.3, 0.4) is 0 Å². The van der Waals surface area contributed by atoms with Crippen molar-refractivity contribution in [2.24, 2.45) is 0 Å². The Morgan fingerprint density at radius 1 is 1.03 bits per heavy atom. The van der Waals surface area contributed by atoms with Gasteiger partial charge in [0.1, 0.15) is 5.75 Å². The Morgan fingerprint density at radius 3 is 2.70 bits per heavy atom. The highest BCUT2D eigenvalue weighted by Crippen LogP contribution is 2.31. The average molecular weight is 497 g/mol. The molecule has 0 amide bonds. The number of nitrogens with zero attached hydrogens (tertiary/aromatic N) is 4. The van der Waals surface area contributed by atoms with Crippen molar-refractivity contribution in [1.82, 2.24) is 20.3 Å². The van der Waals surface area contributed by atoms with E-state index in [1.54, 1.807) is 18.2 Å². The summed E-state index contributed by atoms with van der Waals surface area (Å²) in [5, 5.41) is 12.5. The van der Waals surface area contributed by atoms with Crippen LogP contribution < -0.4 is 4.74 Å². The lowest BCUT2D eigenvalue weighted by atomic mass is 10.1. The summed E-state index contributed by atoms with van der Waals surface area (Å²) >= 11 is 7.39. The number of thioether (sulfide) groups is 1. The standard InChI is InChI=1S/C21H16ClF3N4O3S/c22-15-7-1-2-8-16(15)30-12-18-27-28-20(31-18)33-10-4-9-17-26-19(29-32-17)13-5-3-6-14(11-13)21(23,24)25/h1-3,5-8,11H,4,9-10,12H2. The quantitative estimate of drug-likeness (QED) is 0.203. The van der Waals surface area contributed by atoms with Gasteiger partial charge in [0, 0.05) is 17.7 Å². The smallest absolute Gasteiger partial charge is 0.416 e. The number of halogens is 4. The third-order valence-electron chi connectivity index (χ3n) is 4.31. The topological polar surface area (TPSA) is 87.1 Å². The van der Waals surface area contributed by atoms with Crippen molar-refractivity contribution in [3.8, 4) is 17.1 Å². The van der Waals surface area contributed by atoms with Gasteiger partial charge < -0.3 is 13.7 Å². The monoisotopic (exact) mass is 496 g/mol. The van der Waals surface area contributed by atoms with E-state index in [2.05, 4.69) is 20.3 Å². The molecule has 33 heavy (non-hydrogen) atoms.